The molecule has 2 aromatic rings. The highest BCUT2D eigenvalue weighted by Gasteiger charge is 2.08. The van der Waals surface area contributed by atoms with Gasteiger partial charge in [-0.2, -0.15) is 0 Å². The number of anilines is 2. The van der Waals surface area contributed by atoms with Crippen molar-refractivity contribution in [2.75, 3.05) is 24.2 Å². The molecule has 0 unspecified atom stereocenters. The minimum atomic E-state index is 0.0757. The van der Waals surface area contributed by atoms with Gasteiger partial charge in [0.15, 0.2) is 0 Å². The fourth-order valence-corrected chi connectivity index (χ4v) is 2.05. The maximum atomic E-state index is 8.88. The molecule has 4 heteroatoms. The Labute approximate surface area is 111 Å². The summed E-state index contributed by atoms with van der Waals surface area (Å²) in [5, 5.41) is 12.7. The molecule has 94 valence electrons. The van der Waals surface area contributed by atoms with Crippen molar-refractivity contribution in [2.24, 2.45) is 0 Å². The van der Waals surface area contributed by atoms with E-state index in [1.807, 2.05) is 42.5 Å². The SMILES string of the molecule is Nc1ccc(NCCO)c(-c2ccccc2Cl)c1. The van der Waals surface area contributed by atoms with Crippen molar-refractivity contribution < 1.29 is 5.11 Å². The van der Waals surface area contributed by atoms with Crippen LogP contribution in [0.25, 0.3) is 11.1 Å². The molecule has 0 spiro atoms. The lowest BCUT2D eigenvalue weighted by Gasteiger charge is -2.13. The Morgan fingerprint density at radius 3 is 2.61 bits per heavy atom. The largest absolute Gasteiger partial charge is 0.399 e. The van der Waals surface area contributed by atoms with Crippen LogP contribution in [0.4, 0.5) is 11.4 Å². The number of hydrogen-bond acceptors (Lipinski definition) is 3. The highest BCUT2D eigenvalue weighted by molar-refractivity contribution is 6.33. The molecule has 0 aliphatic carbocycles. The minimum Gasteiger partial charge on any atom is -0.399 e. The second kappa shape index (κ2) is 5.76. The molecule has 0 heterocycles. The van der Waals surface area contributed by atoms with Gasteiger partial charge in [0.05, 0.1) is 6.61 Å². The molecule has 0 aliphatic heterocycles. The fraction of sp³-hybridized carbons (Fsp3) is 0.143. The monoisotopic (exact) mass is 262 g/mol. The summed E-state index contributed by atoms with van der Waals surface area (Å²) in [6.07, 6.45) is 0. The maximum absolute atomic E-state index is 8.88. The standard InChI is InChI=1S/C14H15ClN2O/c15-13-4-2-1-3-11(13)12-9-10(16)5-6-14(12)17-7-8-18/h1-6,9,17-18H,7-8,16H2. The molecule has 0 atom stereocenters. The Kier molecular flexibility index (Phi) is 4.07. The first kappa shape index (κ1) is 12.7. The molecular weight excluding hydrogens is 248 g/mol. The van der Waals surface area contributed by atoms with Gasteiger partial charge < -0.3 is 16.2 Å². The fourth-order valence-electron chi connectivity index (χ4n) is 1.81. The van der Waals surface area contributed by atoms with Crippen LogP contribution in [-0.4, -0.2) is 18.3 Å². The van der Waals surface area contributed by atoms with E-state index in [4.69, 9.17) is 22.4 Å². The molecule has 0 saturated heterocycles. The molecule has 0 saturated carbocycles. The van der Waals surface area contributed by atoms with Crippen LogP contribution in [0.5, 0.6) is 0 Å². The van der Waals surface area contributed by atoms with Crippen LogP contribution in [0, 0.1) is 0 Å². The quantitative estimate of drug-likeness (QED) is 0.743. The number of nitrogen functional groups attached to an aromatic ring is 1. The van der Waals surface area contributed by atoms with Crippen LogP contribution in [0.3, 0.4) is 0 Å². The van der Waals surface area contributed by atoms with Crippen LogP contribution in [-0.2, 0) is 0 Å². The van der Waals surface area contributed by atoms with E-state index in [2.05, 4.69) is 5.32 Å². The van der Waals surface area contributed by atoms with Crippen molar-refractivity contribution in [1.29, 1.82) is 0 Å². The van der Waals surface area contributed by atoms with Crippen molar-refractivity contribution in [3.05, 3.63) is 47.5 Å². The summed E-state index contributed by atoms with van der Waals surface area (Å²) in [4.78, 5) is 0. The summed E-state index contributed by atoms with van der Waals surface area (Å²) in [5.74, 6) is 0. The number of rotatable bonds is 4. The van der Waals surface area contributed by atoms with Gasteiger partial charge in [0.1, 0.15) is 0 Å². The molecule has 2 aromatic carbocycles. The molecule has 0 bridgehead atoms. The van der Waals surface area contributed by atoms with Gasteiger partial charge in [0, 0.05) is 34.1 Å². The molecule has 18 heavy (non-hydrogen) atoms. The van der Waals surface area contributed by atoms with E-state index in [0.29, 0.717) is 17.3 Å². The van der Waals surface area contributed by atoms with Crippen LogP contribution in [0.15, 0.2) is 42.5 Å². The van der Waals surface area contributed by atoms with Crippen LogP contribution >= 0.6 is 11.6 Å². The number of hydrogen-bond donors (Lipinski definition) is 3. The lowest BCUT2D eigenvalue weighted by atomic mass is 10.0. The topological polar surface area (TPSA) is 58.3 Å². The third-order valence-electron chi connectivity index (χ3n) is 2.63. The second-order valence-electron chi connectivity index (χ2n) is 3.94. The Bertz CT molecular complexity index is 543. The summed E-state index contributed by atoms with van der Waals surface area (Å²) in [5.41, 5.74) is 9.27. The first-order valence-corrected chi connectivity index (χ1v) is 6.09. The highest BCUT2D eigenvalue weighted by Crippen LogP contribution is 2.34. The van der Waals surface area contributed by atoms with Crippen molar-refractivity contribution in [2.45, 2.75) is 0 Å². The molecular formula is C14H15ClN2O. The van der Waals surface area contributed by atoms with Gasteiger partial charge >= 0.3 is 0 Å². The average Bonchev–Trinajstić information content (AvgIpc) is 2.38. The number of halogens is 1. The van der Waals surface area contributed by atoms with Gasteiger partial charge in [-0.1, -0.05) is 29.8 Å². The normalized spacial score (nSPS) is 10.3. The molecule has 0 fully saturated rings. The zero-order valence-electron chi connectivity index (χ0n) is 9.86. The smallest absolute Gasteiger partial charge is 0.0604 e. The van der Waals surface area contributed by atoms with E-state index in [-0.39, 0.29) is 6.61 Å². The number of aliphatic hydroxyl groups excluding tert-OH is 1. The summed E-state index contributed by atoms with van der Waals surface area (Å²) >= 11 is 6.20. The van der Waals surface area contributed by atoms with E-state index in [9.17, 15) is 0 Å². The van der Waals surface area contributed by atoms with Gasteiger partial charge in [-0.25, -0.2) is 0 Å². The van der Waals surface area contributed by atoms with Crippen molar-refractivity contribution >= 4 is 23.0 Å². The lowest BCUT2D eigenvalue weighted by Crippen LogP contribution is -2.06. The van der Waals surface area contributed by atoms with E-state index in [1.54, 1.807) is 0 Å². The van der Waals surface area contributed by atoms with Crippen molar-refractivity contribution in [3.8, 4) is 11.1 Å². The summed E-state index contributed by atoms with van der Waals surface area (Å²) in [7, 11) is 0. The Hall–Kier alpha value is -1.71. The second-order valence-corrected chi connectivity index (χ2v) is 4.34. The number of benzene rings is 2. The molecule has 3 nitrogen and oxygen atoms in total. The molecule has 4 N–H and O–H groups in total. The van der Waals surface area contributed by atoms with E-state index in [1.165, 1.54) is 0 Å². The predicted molar refractivity (Wildman–Crippen MR) is 76.9 cm³/mol. The molecule has 0 aromatic heterocycles. The predicted octanol–water partition coefficient (Wildman–Crippen LogP) is 2.99. The first-order chi connectivity index (χ1) is 8.72. The zero-order chi connectivity index (χ0) is 13.0. The van der Waals surface area contributed by atoms with E-state index in [0.717, 1.165) is 16.8 Å². The van der Waals surface area contributed by atoms with Crippen molar-refractivity contribution in [3.63, 3.8) is 0 Å². The summed E-state index contributed by atoms with van der Waals surface area (Å²) in [6.45, 7) is 0.563. The van der Waals surface area contributed by atoms with Crippen molar-refractivity contribution in [1.82, 2.24) is 0 Å². The third-order valence-corrected chi connectivity index (χ3v) is 2.96. The van der Waals surface area contributed by atoms with Gasteiger partial charge in [-0.05, 0) is 24.3 Å². The Morgan fingerprint density at radius 1 is 1.11 bits per heavy atom. The van der Waals surface area contributed by atoms with Gasteiger partial charge in [-0.3, -0.25) is 0 Å². The van der Waals surface area contributed by atoms with Gasteiger partial charge in [0.2, 0.25) is 0 Å². The van der Waals surface area contributed by atoms with Gasteiger partial charge in [0.25, 0.3) is 0 Å². The molecule has 2 rings (SSSR count). The van der Waals surface area contributed by atoms with Crippen LogP contribution < -0.4 is 11.1 Å². The molecule has 0 aliphatic rings. The highest BCUT2D eigenvalue weighted by atomic mass is 35.5. The summed E-state index contributed by atoms with van der Waals surface area (Å²) in [6, 6.07) is 13.2. The van der Waals surface area contributed by atoms with E-state index < -0.39 is 0 Å². The molecule has 0 amide bonds. The minimum absolute atomic E-state index is 0.0757. The number of nitrogens with two attached hydrogens (primary N) is 1. The number of nitrogens with one attached hydrogen (secondary N) is 1. The van der Waals surface area contributed by atoms with Crippen LogP contribution in [0.2, 0.25) is 5.02 Å². The number of aliphatic hydroxyl groups is 1. The zero-order valence-corrected chi connectivity index (χ0v) is 10.6. The Morgan fingerprint density at radius 2 is 1.89 bits per heavy atom. The lowest BCUT2D eigenvalue weighted by molar-refractivity contribution is 0.311. The van der Waals surface area contributed by atoms with E-state index >= 15 is 0 Å². The summed E-state index contributed by atoms with van der Waals surface area (Å²) < 4.78 is 0. The Balaban J connectivity index is 2.48. The first-order valence-electron chi connectivity index (χ1n) is 5.71. The van der Waals surface area contributed by atoms with Crippen LogP contribution in [0.1, 0.15) is 0 Å². The maximum Gasteiger partial charge on any atom is 0.0604 e. The molecule has 0 radical (unpaired) electrons. The average molecular weight is 263 g/mol. The van der Waals surface area contributed by atoms with Gasteiger partial charge in [-0.15, -0.1) is 0 Å². The third kappa shape index (κ3) is 2.75.